The van der Waals surface area contributed by atoms with Crippen molar-refractivity contribution in [2.45, 2.75) is 53.8 Å². The number of aromatic amines is 1. The predicted octanol–water partition coefficient (Wildman–Crippen LogP) is 1.89. The molecule has 33 heavy (non-hydrogen) atoms. The summed E-state index contributed by atoms with van der Waals surface area (Å²) in [5.74, 6) is 0.0851. The predicted molar refractivity (Wildman–Crippen MR) is 124 cm³/mol. The largest absolute Gasteiger partial charge is 0.465 e. The number of hydrogen-bond acceptors (Lipinski definition) is 8. The fourth-order valence-electron chi connectivity index (χ4n) is 4.26. The molecule has 3 rings (SSSR count). The van der Waals surface area contributed by atoms with Gasteiger partial charge < -0.3 is 14.8 Å². The zero-order chi connectivity index (χ0) is 24.1. The van der Waals surface area contributed by atoms with Crippen molar-refractivity contribution < 1.29 is 14.6 Å². The van der Waals surface area contributed by atoms with Crippen LogP contribution in [0.1, 0.15) is 49.3 Å². The van der Waals surface area contributed by atoms with E-state index in [1.807, 2.05) is 50.8 Å². The molecule has 2 aromatic heterocycles. The Labute approximate surface area is 192 Å². The number of fused-ring (bicyclic) bond motifs is 1. The number of tetrazole rings is 1. The van der Waals surface area contributed by atoms with Crippen molar-refractivity contribution in [2.24, 2.45) is 5.92 Å². The van der Waals surface area contributed by atoms with Crippen LogP contribution in [0.15, 0.2) is 23.0 Å². The molecule has 0 bridgehead atoms. The van der Waals surface area contributed by atoms with E-state index >= 15 is 0 Å². The van der Waals surface area contributed by atoms with Crippen LogP contribution in [0.2, 0.25) is 0 Å². The van der Waals surface area contributed by atoms with Gasteiger partial charge >= 0.3 is 5.97 Å². The fraction of sp³-hybridized carbons (Fsp3) is 0.522. The van der Waals surface area contributed by atoms with Crippen LogP contribution in [-0.2, 0) is 22.6 Å². The first-order chi connectivity index (χ1) is 15.7. The van der Waals surface area contributed by atoms with E-state index in [0.717, 1.165) is 22.0 Å². The highest BCUT2D eigenvalue weighted by molar-refractivity contribution is 5.82. The smallest absolute Gasteiger partial charge is 0.327 e. The van der Waals surface area contributed by atoms with E-state index in [1.165, 1.54) is 4.68 Å². The van der Waals surface area contributed by atoms with E-state index in [1.54, 1.807) is 6.92 Å². The number of pyridine rings is 1. The first kappa shape index (κ1) is 24.5. The summed E-state index contributed by atoms with van der Waals surface area (Å²) < 4.78 is 6.46. The molecule has 10 nitrogen and oxygen atoms in total. The second kappa shape index (κ2) is 10.7. The lowest BCUT2D eigenvalue weighted by atomic mass is 10.00. The van der Waals surface area contributed by atoms with Crippen LogP contribution < -0.4 is 5.56 Å². The van der Waals surface area contributed by atoms with Crippen molar-refractivity contribution in [3.8, 4) is 0 Å². The van der Waals surface area contributed by atoms with Crippen molar-refractivity contribution in [1.82, 2.24) is 30.1 Å². The van der Waals surface area contributed by atoms with Crippen LogP contribution in [0.3, 0.4) is 0 Å². The molecule has 10 heteroatoms. The summed E-state index contributed by atoms with van der Waals surface area (Å²) in [6.07, 6.45) is 0. The Hall–Kier alpha value is -3.11. The van der Waals surface area contributed by atoms with Gasteiger partial charge in [0, 0.05) is 18.7 Å². The maximum atomic E-state index is 12.9. The average molecular weight is 457 g/mol. The summed E-state index contributed by atoms with van der Waals surface area (Å²) in [7, 11) is 0. The Balaban J connectivity index is 1.99. The van der Waals surface area contributed by atoms with Crippen molar-refractivity contribution in [3.05, 3.63) is 51.1 Å². The van der Waals surface area contributed by atoms with Gasteiger partial charge in [0.15, 0.2) is 5.82 Å². The van der Waals surface area contributed by atoms with E-state index in [2.05, 4.69) is 20.5 Å². The quantitative estimate of drug-likeness (QED) is 0.443. The summed E-state index contributed by atoms with van der Waals surface area (Å²) >= 11 is 0. The number of hydrogen-bond donors (Lipinski definition) is 2. The number of esters is 1. The number of benzene rings is 1. The number of aliphatic hydroxyl groups excluding tert-OH is 1. The minimum Gasteiger partial charge on any atom is -0.465 e. The van der Waals surface area contributed by atoms with Crippen molar-refractivity contribution in [1.29, 1.82) is 0 Å². The number of aromatic nitrogens is 5. The number of rotatable bonds is 10. The molecule has 1 atom stereocenters. The third-order valence-corrected chi connectivity index (χ3v) is 5.56. The number of nitrogens with zero attached hydrogens (tertiary/aromatic N) is 5. The van der Waals surface area contributed by atoms with E-state index in [9.17, 15) is 14.7 Å². The SMILES string of the molecule is CCOC(=O)Cn1nnnc1C(C(C)C)N(CCO)Cc1cc2cc(C)cc(C)c2[nH]c1=O. The van der Waals surface area contributed by atoms with Crippen LogP contribution in [-0.4, -0.2) is 60.9 Å². The average Bonchev–Trinajstić information content (AvgIpc) is 3.16. The van der Waals surface area contributed by atoms with Crippen LogP contribution in [0.4, 0.5) is 0 Å². The van der Waals surface area contributed by atoms with E-state index in [-0.39, 0.29) is 43.8 Å². The lowest BCUT2D eigenvalue weighted by molar-refractivity contribution is -0.144. The van der Waals surface area contributed by atoms with Gasteiger partial charge in [-0.1, -0.05) is 25.5 Å². The molecule has 0 spiro atoms. The lowest BCUT2D eigenvalue weighted by Crippen LogP contribution is -2.37. The Morgan fingerprint density at radius 2 is 2.03 bits per heavy atom. The van der Waals surface area contributed by atoms with E-state index in [0.29, 0.717) is 17.9 Å². The molecule has 1 unspecified atom stereocenters. The molecule has 0 fully saturated rings. The van der Waals surface area contributed by atoms with E-state index in [4.69, 9.17) is 4.74 Å². The van der Waals surface area contributed by atoms with Crippen molar-refractivity contribution >= 4 is 16.9 Å². The number of aliphatic hydroxyl groups is 1. The normalized spacial score (nSPS) is 12.6. The fourth-order valence-corrected chi connectivity index (χ4v) is 4.26. The monoisotopic (exact) mass is 456 g/mol. The van der Waals surface area contributed by atoms with Crippen molar-refractivity contribution in [3.63, 3.8) is 0 Å². The third kappa shape index (κ3) is 5.63. The highest BCUT2D eigenvalue weighted by Crippen LogP contribution is 2.28. The first-order valence-electron chi connectivity index (χ1n) is 11.1. The Kier molecular flexibility index (Phi) is 7.93. The molecule has 0 aliphatic rings. The molecule has 0 radical (unpaired) electrons. The van der Waals surface area contributed by atoms with Crippen LogP contribution in [0.5, 0.6) is 0 Å². The minimum absolute atomic E-state index is 0.0347. The molecule has 0 amide bonds. The maximum Gasteiger partial charge on any atom is 0.327 e. The Morgan fingerprint density at radius 3 is 2.70 bits per heavy atom. The molecular formula is C23H32N6O4. The number of H-pyrrole nitrogens is 1. The third-order valence-electron chi connectivity index (χ3n) is 5.56. The highest BCUT2D eigenvalue weighted by atomic mass is 16.5. The topological polar surface area (TPSA) is 126 Å². The van der Waals surface area contributed by atoms with Crippen LogP contribution >= 0.6 is 0 Å². The molecule has 0 aliphatic carbocycles. The van der Waals surface area contributed by atoms with Crippen LogP contribution in [0, 0.1) is 19.8 Å². The second-order valence-electron chi connectivity index (χ2n) is 8.55. The molecular weight excluding hydrogens is 424 g/mol. The van der Waals surface area contributed by atoms with Gasteiger partial charge in [-0.05, 0) is 60.2 Å². The van der Waals surface area contributed by atoms with Gasteiger partial charge in [-0.3, -0.25) is 14.5 Å². The zero-order valence-corrected chi connectivity index (χ0v) is 19.8. The summed E-state index contributed by atoms with van der Waals surface area (Å²) in [4.78, 5) is 29.9. The Bertz CT molecular complexity index is 1170. The molecule has 1 aromatic carbocycles. The van der Waals surface area contributed by atoms with Gasteiger partial charge in [-0.2, -0.15) is 0 Å². The minimum atomic E-state index is -0.432. The van der Waals surface area contributed by atoms with E-state index < -0.39 is 5.97 Å². The maximum absolute atomic E-state index is 12.9. The number of carbonyl (C=O) groups is 1. The van der Waals surface area contributed by atoms with Gasteiger partial charge in [0.2, 0.25) is 0 Å². The second-order valence-corrected chi connectivity index (χ2v) is 8.55. The van der Waals surface area contributed by atoms with Gasteiger partial charge in [0.25, 0.3) is 5.56 Å². The molecule has 2 N–H and O–H groups in total. The summed E-state index contributed by atoms with van der Waals surface area (Å²) in [5.41, 5.74) is 3.35. The number of aryl methyl sites for hydroxylation is 2. The summed E-state index contributed by atoms with van der Waals surface area (Å²) in [6, 6.07) is 5.64. The molecule has 0 aliphatic heterocycles. The molecule has 0 saturated heterocycles. The van der Waals surface area contributed by atoms with Gasteiger partial charge in [-0.15, -0.1) is 5.10 Å². The summed E-state index contributed by atoms with van der Waals surface area (Å²) in [6.45, 7) is 10.4. The first-order valence-corrected chi connectivity index (χ1v) is 11.1. The molecule has 3 aromatic rings. The van der Waals surface area contributed by atoms with Crippen LogP contribution in [0.25, 0.3) is 10.9 Å². The molecule has 0 saturated carbocycles. The lowest BCUT2D eigenvalue weighted by Gasteiger charge is -2.33. The number of carbonyl (C=O) groups excluding carboxylic acids is 1. The van der Waals surface area contributed by atoms with Gasteiger partial charge in [0.1, 0.15) is 6.54 Å². The standard InChI is InChI=1S/C23H32N6O4/c1-6-33-19(31)13-29-22(25-26-27-29)21(14(2)3)28(7-8-30)12-18-11-17-10-15(4)9-16(5)20(17)24-23(18)32/h9-11,14,21,30H,6-8,12-13H2,1-5H3,(H,24,32). The Morgan fingerprint density at radius 1 is 1.27 bits per heavy atom. The molecule has 2 heterocycles. The number of ether oxygens (including phenoxy) is 1. The van der Waals surface area contributed by atoms with Crippen molar-refractivity contribution in [2.75, 3.05) is 19.8 Å². The zero-order valence-electron chi connectivity index (χ0n) is 19.8. The van der Waals surface area contributed by atoms with Gasteiger partial charge in [0.05, 0.1) is 24.8 Å². The van der Waals surface area contributed by atoms with Gasteiger partial charge in [-0.25, -0.2) is 4.68 Å². The molecule has 178 valence electrons. The number of nitrogens with one attached hydrogen (secondary N) is 1. The highest BCUT2D eigenvalue weighted by Gasteiger charge is 2.30. The summed E-state index contributed by atoms with van der Waals surface area (Å²) in [5, 5.41) is 22.6.